The number of hydrogen-bond donors (Lipinski definition) is 26. The zero-order valence-corrected chi connectivity index (χ0v) is 81.7. The Bertz CT molecular complexity index is 4110. The molecule has 14 unspecified atom stereocenters. The maximum Gasteiger partial charge on any atom is 0.306 e. The van der Waals surface area contributed by atoms with Crippen LogP contribution in [0.25, 0.3) is 0 Å². The van der Waals surface area contributed by atoms with Crippen molar-refractivity contribution in [3.63, 3.8) is 0 Å². The molecule has 0 aromatic rings. The maximum absolute atomic E-state index is 14.4. The van der Waals surface area contributed by atoms with E-state index in [1.54, 1.807) is 0 Å². The van der Waals surface area contributed by atoms with Crippen LogP contribution in [-0.4, -0.2) is 479 Å². The molecule has 0 aromatic carbocycles. The number of aliphatic hydroxyl groups is 15. The molecule has 0 bridgehead atoms. The molecule has 26 N–H and O–H groups in total. The number of hydrazine groups is 4. The molecule has 0 saturated carbocycles. The van der Waals surface area contributed by atoms with Crippen molar-refractivity contribution >= 4 is 136 Å². The number of carbonyl (C=O) groups excluding carboxylic acids is 15. The van der Waals surface area contributed by atoms with Crippen LogP contribution in [0.5, 0.6) is 0 Å². The average Bonchev–Trinajstić information content (AvgIpc) is 0.764. The van der Waals surface area contributed by atoms with Gasteiger partial charge in [-0.2, -0.15) is 47.0 Å². The van der Waals surface area contributed by atoms with Crippen molar-refractivity contribution in [3.05, 3.63) is 0 Å². The molecule has 142 heavy (non-hydrogen) atoms. The summed E-state index contributed by atoms with van der Waals surface area (Å²) in [5.41, 5.74) is 17.0. The lowest BCUT2D eigenvalue weighted by molar-refractivity contribution is -0.365. The Morgan fingerprint density at radius 3 is 0.937 bits per heavy atom. The van der Waals surface area contributed by atoms with Crippen molar-refractivity contribution in [1.29, 1.82) is 0 Å². The quantitative estimate of drug-likeness (QED) is 0.0153. The Kier molecular flexibility index (Phi) is 52.1. The molecule has 11 amide bonds. The zero-order chi connectivity index (χ0) is 105. The fourth-order valence-electron chi connectivity index (χ4n) is 15.0. The van der Waals surface area contributed by atoms with Gasteiger partial charge in [0.1, 0.15) is 165 Å². The van der Waals surface area contributed by atoms with Crippen LogP contribution in [0.3, 0.4) is 0 Å². The van der Waals surface area contributed by atoms with Gasteiger partial charge in [-0.1, -0.05) is 0 Å². The number of ketones is 2. The Morgan fingerprint density at radius 1 is 0.282 bits per heavy atom. The second-order valence-electron chi connectivity index (χ2n) is 33.4. The number of methoxy groups -OCH3 is 1. The lowest BCUT2D eigenvalue weighted by Crippen LogP contribution is -2.71. The molecule has 7 saturated heterocycles. The smallest absolute Gasteiger partial charge is 0.306 e. The SMILES string of the molecule is CO[C@@H]1C(C(=O)NNC(=O)CCSCCC(=O)OCCOCCOC(=O)CCSCCC(=O)NNC(=O)C2O[C@@H](O[C@@H]3C(NC(C)=O)[C@H](C)OC(CO)[C@H]3O)C(O)[C@@H](O)[C@@H]2O[C@@H]2OC(CO)[C@@H](O)[C@H](O[C@@H]3OC(C(=O)NNC(=O)CCSCCC(C)=O)[C@@H](O)[C@H](O)C3O)C2NC(C)=O)O[C@@H](O[C@@H]2C(NC(C)=O)[C@H](O[C@@H]3C(C(=O)NNC(=O)CCSCCC(C)=O)O[C@@H](C)C(O)[C@H]3O)OC(CO)[C@H]2O)C(O)[C@H]1O. The Labute approximate surface area is 828 Å². The minimum absolute atomic E-state index is 0.0169. The first-order valence-electron chi connectivity index (χ1n) is 45.1. The van der Waals surface area contributed by atoms with E-state index in [0.29, 0.717) is 11.5 Å². The standard InChI is InChI=1S/C81H131N11O46S4/c1-32(96)9-21-139-23-11-42(101)85-89-73(119)69-57(113)55(111)60(116)79(136-69)132-64-49(83-37(6)99)78(130-40(30-94)53(64)109)135-68-59(115)62(118)81(131-63-48(82-36(5)98)34(3)127-39(29-93)52(63)108)138-72(68)76(122)92-88-45(104)14-26-142-28-16-47(106)126-20-18-124-17-19-125-46(105)15-27-141-25-13-44(103)86-90-74(120)70-66(123-8)58(114)61(117)80(137-70)133-65-50(84-38(7)100)77(129-41(31-95)54(65)110)134-67-56(112)51(107)35(4)128-71(67)75(121)91-87-43(102)12-24-140-22-10-33(2)97/h34-35,39-41,48-72,77-81,93-95,107-118H,9-31H2,1-8H3,(H,82,98)(H,83,99)(H,84,100)(H,85,101)(H,86,103)(H,87,102)(H,88,104)(H,89,119)(H,90,120)(H,91,121)(H,92,122)/t34-,35-,39?,40?,41?,48?,49?,50?,51?,52+,53+,54+,55-,56+,57-,58+,59+,60?,61?,62?,63+,64+,65+,66-,67-,68-,69?,70?,71?,72?,77-,78-,79+,80+,81+/m0/s1. The fraction of sp³-hybridized carbons (Fsp3) is 0.815. The predicted molar refractivity (Wildman–Crippen MR) is 479 cm³/mol. The zero-order valence-electron chi connectivity index (χ0n) is 78.5. The monoisotopic (exact) mass is 2120 g/mol. The summed E-state index contributed by atoms with van der Waals surface area (Å²) in [6.07, 6.45) is -63.4. The number of ether oxygens (including phenoxy) is 16. The molecule has 0 aliphatic carbocycles. The summed E-state index contributed by atoms with van der Waals surface area (Å²) >= 11 is 4.84. The van der Waals surface area contributed by atoms with Crippen LogP contribution >= 0.6 is 47.0 Å². The van der Waals surface area contributed by atoms with Gasteiger partial charge in [0, 0.05) is 112 Å². The van der Waals surface area contributed by atoms with Crippen molar-refractivity contribution in [2.24, 2.45) is 0 Å². The topological polar surface area (TPSA) is 840 Å². The number of hydrogen-bond acceptors (Lipinski definition) is 50. The van der Waals surface area contributed by atoms with Crippen molar-refractivity contribution in [3.8, 4) is 0 Å². The van der Waals surface area contributed by atoms with Crippen LogP contribution in [0, 0.1) is 0 Å². The molecule has 0 spiro atoms. The third-order valence-corrected chi connectivity index (χ3v) is 26.4. The first-order valence-corrected chi connectivity index (χ1v) is 49.7. The van der Waals surface area contributed by atoms with E-state index in [4.69, 9.17) is 75.8 Å². The molecule has 0 radical (unpaired) electrons. The lowest BCUT2D eigenvalue weighted by atomic mass is 9.92. The molecule has 61 heteroatoms. The third-order valence-electron chi connectivity index (χ3n) is 22.5. The van der Waals surface area contributed by atoms with Crippen LogP contribution < -0.4 is 59.4 Å². The van der Waals surface area contributed by atoms with Crippen LogP contribution in [0.1, 0.15) is 99.8 Å². The highest BCUT2D eigenvalue weighted by molar-refractivity contribution is 7.99. The molecular weight excluding hydrogens is 1990 g/mol. The second-order valence-corrected chi connectivity index (χ2v) is 38.3. The summed E-state index contributed by atoms with van der Waals surface area (Å²) in [6.45, 7) is 5.05. The van der Waals surface area contributed by atoms with Crippen LogP contribution in [0.15, 0.2) is 0 Å². The van der Waals surface area contributed by atoms with E-state index in [2.05, 4.69) is 53.9 Å². The number of carbonyl (C=O) groups is 15. The van der Waals surface area contributed by atoms with E-state index in [1.165, 1.54) is 51.2 Å². The number of nitrogens with one attached hydrogen (secondary N) is 11. The number of rotatable bonds is 51. The molecule has 7 aliphatic rings. The van der Waals surface area contributed by atoms with Gasteiger partial charge in [-0.3, -0.25) is 115 Å². The summed E-state index contributed by atoms with van der Waals surface area (Å²) in [6, 6.07) is -4.97. The highest BCUT2D eigenvalue weighted by Gasteiger charge is 2.60. The van der Waals surface area contributed by atoms with E-state index >= 15 is 0 Å². The lowest BCUT2D eigenvalue weighted by Gasteiger charge is -2.50. The molecule has 35 atom stereocenters. The summed E-state index contributed by atoms with van der Waals surface area (Å²) in [7, 11) is 1.05. The van der Waals surface area contributed by atoms with Gasteiger partial charge in [0.2, 0.25) is 41.4 Å². The minimum Gasteiger partial charge on any atom is -0.463 e. The first kappa shape index (κ1) is 122. The van der Waals surface area contributed by atoms with Crippen molar-refractivity contribution in [2.45, 2.75) is 314 Å². The van der Waals surface area contributed by atoms with Gasteiger partial charge >= 0.3 is 11.9 Å². The van der Waals surface area contributed by atoms with Gasteiger partial charge in [-0.25, -0.2) is 0 Å². The van der Waals surface area contributed by atoms with Gasteiger partial charge in [0.05, 0.1) is 64.1 Å². The highest BCUT2D eigenvalue weighted by atomic mass is 32.2. The van der Waals surface area contributed by atoms with Crippen LogP contribution in [-0.2, 0) is 148 Å². The second kappa shape index (κ2) is 60.8. The van der Waals surface area contributed by atoms with Crippen molar-refractivity contribution in [1.82, 2.24) is 59.4 Å². The van der Waals surface area contributed by atoms with Crippen LogP contribution in [0.2, 0.25) is 0 Å². The van der Waals surface area contributed by atoms with Crippen molar-refractivity contribution < 1.29 is 224 Å². The van der Waals surface area contributed by atoms with Crippen molar-refractivity contribution in [2.75, 3.05) is 99.4 Å². The number of thioether (sulfide) groups is 4. The van der Waals surface area contributed by atoms with Gasteiger partial charge in [-0.05, 0) is 27.7 Å². The molecule has 7 aliphatic heterocycles. The number of amides is 11. The first-order chi connectivity index (χ1) is 67.4. The molecule has 57 nitrogen and oxygen atoms in total. The number of Topliss-reactive ketones (excluding diaryl/α,β-unsaturated/α-hetero) is 2. The van der Waals surface area contributed by atoms with E-state index < -0.39 is 311 Å². The Morgan fingerprint density at radius 2 is 0.577 bits per heavy atom. The van der Waals surface area contributed by atoms with Gasteiger partial charge in [-0.15, -0.1) is 0 Å². The normalized spacial score (nSPS) is 34.0. The van der Waals surface area contributed by atoms with Gasteiger partial charge in [0.15, 0.2) is 55.9 Å². The van der Waals surface area contributed by atoms with E-state index in [9.17, 15) is 149 Å². The number of esters is 2. The summed E-state index contributed by atoms with van der Waals surface area (Å²) in [5.74, 6) is -10.1. The molecule has 7 heterocycles. The average molecular weight is 2120 g/mol. The van der Waals surface area contributed by atoms with E-state index in [0.717, 1.165) is 51.4 Å². The predicted octanol–water partition coefficient (Wildman–Crippen LogP) is -14.1. The molecule has 7 fully saturated rings. The molecule has 7 rings (SSSR count). The Hall–Kier alpha value is -7.31. The number of aliphatic hydroxyl groups excluding tert-OH is 15. The third kappa shape index (κ3) is 36.6. The minimum atomic E-state index is -2.41. The van der Waals surface area contributed by atoms with E-state index in [-0.39, 0.29) is 124 Å². The molecular formula is C81H131N11O46S4. The molecule has 810 valence electrons. The van der Waals surface area contributed by atoms with Gasteiger partial charge in [0.25, 0.3) is 23.6 Å². The maximum atomic E-state index is 14.4. The highest BCUT2D eigenvalue weighted by Crippen LogP contribution is 2.38. The van der Waals surface area contributed by atoms with Crippen LogP contribution in [0.4, 0.5) is 0 Å². The summed E-state index contributed by atoms with van der Waals surface area (Å²) < 4.78 is 91.6. The fourth-order valence-corrected chi connectivity index (χ4v) is 18.6. The van der Waals surface area contributed by atoms with Gasteiger partial charge < -0.3 is 168 Å². The Balaban J connectivity index is 0.832. The summed E-state index contributed by atoms with van der Waals surface area (Å²) in [5, 5.41) is 175. The largest absolute Gasteiger partial charge is 0.463 e. The molecule has 0 aromatic heterocycles. The summed E-state index contributed by atoms with van der Waals surface area (Å²) in [4.78, 5) is 192. The van der Waals surface area contributed by atoms with E-state index in [1.807, 2.05) is 5.43 Å².